The van der Waals surface area contributed by atoms with Crippen molar-refractivity contribution in [2.45, 2.75) is 64.0 Å². The number of hydrogen-bond donors (Lipinski definition) is 0. The van der Waals surface area contributed by atoms with Gasteiger partial charge in [0.05, 0.1) is 0 Å². The van der Waals surface area contributed by atoms with Gasteiger partial charge in [-0.25, -0.2) is 4.39 Å². The summed E-state index contributed by atoms with van der Waals surface area (Å²) in [6.07, 6.45) is 7.92. The third kappa shape index (κ3) is 9.30. The summed E-state index contributed by atoms with van der Waals surface area (Å²) < 4.78 is 20.4. The van der Waals surface area contributed by atoms with Crippen molar-refractivity contribution < 1.29 is 8.82 Å². The summed E-state index contributed by atoms with van der Waals surface area (Å²) in [5.41, 5.74) is 0. The molecule has 0 radical (unpaired) electrons. The fourth-order valence-corrected chi connectivity index (χ4v) is 3.10. The molecule has 0 aromatic heterocycles. The van der Waals surface area contributed by atoms with E-state index < -0.39 is 14.2 Å². The minimum absolute atomic E-state index is 0.473. The highest BCUT2D eigenvalue weighted by Gasteiger charge is 2.34. The molecule has 0 aliphatic rings. The van der Waals surface area contributed by atoms with E-state index in [0.29, 0.717) is 12.8 Å². The van der Waals surface area contributed by atoms with Gasteiger partial charge in [0, 0.05) is 12.8 Å². The van der Waals surface area contributed by atoms with Crippen molar-refractivity contribution in [3.8, 4) is 0 Å². The number of rotatable bonds is 10. The predicted molar refractivity (Wildman–Crippen MR) is 76.4 cm³/mol. The molecule has 0 spiro atoms. The first-order chi connectivity index (χ1) is 7.83. The molecular formula is C14H27FOSi. The molecule has 0 unspecified atom stereocenters. The minimum atomic E-state index is -1.84. The molecule has 0 N–H and O–H groups in total. The van der Waals surface area contributed by atoms with Crippen LogP contribution in [0.5, 0.6) is 0 Å². The van der Waals surface area contributed by atoms with Crippen LogP contribution >= 0.6 is 0 Å². The Labute approximate surface area is 107 Å². The van der Waals surface area contributed by atoms with E-state index in [1.807, 2.05) is 31.8 Å². The maximum Gasteiger partial charge on any atom is 0.200 e. The Morgan fingerprint density at radius 3 is 1.76 bits per heavy atom. The Balaban J connectivity index is 4.33. The van der Waals surface area contributed by atoms with Crippen LogP contribution < -0.4 is 0 Å². The van der Waals surface area contributed by atoms with Gasteiger partial charge in [-0.2, -0.15) is 0 Å². The van der Waals surface area contributed by atoms with Crippen LogP contribution in [0, 0.1) is 0 Å². The van der Waals surface area contributed by atoms with Crippen LogP contribution in [0.2, 0.25) is 19.6 Å². The lowest BCUT2D eigenvalue weighted by Crippen LogP contribution is -2.39. The van der Waals surface area contributed by atoms with Crippen molar-refractivity contribution in [3.63, 3.8) is 0 Å². The molecule has 0 saturated carbocycles. The SMILES string of the molecule is C=CCCCC(F)(CCCC=C)O[Si](C)(C)C. The highest BCUT2D eigenvalue weighted by Crippen LogP contribution is 2.31. The van der Waals surface area contributed by atoms with E-state index in [4.69, 9.17) is 4.43 Å². The molecule has 0 saturated heterocycles. The molecule has 0 aromatic carbocycles. The molecular weight excluding hydrogens is 231 g/mol. The van der Waals surface area contributed by atoms with Gasteiger partial charge in [-0.1, -0.05) is 12.2 Å². The van der Waals surface area contributed by atoms with Crippen molar-refractivity contribution >= 4 is 8.32 Å². The van der Waals surface area contributed by atoms with E-state index in [0.717, 1.165) is 25.7 Å². The van der Waals surface area contributed by atoms with Crippen LogP contribution in [0.25, 0.3) is 0 Å². The first-order valence-electron chi connectivity index (χ1n) is 6.44. The van der Waals surface area contributed by atoms with Gasteiger partial charge in [-0.05, 0) is 45.3 Å². The lowest BCUT2D eigenvalue weighted by molar-refractivity contribution is -0.0851. The molecule has 0 bridgehead atoms. The topological polar surface area (TPSA) is 9.23 Å². The van der Waals surface area contributed by atoms with E-state index in [-0.39, 0.29) is 0 Å². The van der Waals surface area contributed by atoms with Gasteiger partial charge in [0.15, 0.2) is 14.2 Å². The second-order valence-electron chi connectivity index (χ2n) is 5.46. The summed E-state index contributed by atoms with van der Waals surface area (Å²) in [7, 11) is -1.84. The smallest absolute Gasteiger partial charge is 0.200 e. The van der Waals surface area contributed by atoms with Gasteiger partial charge >= 0.3 is 0 Å². The summed E-state index contributed by atoms with van der Waals surface area (Å²) in [5.74, 6) is -1.45. The first kappa shape index (κ1) is 16.6. The molecule has 17 heavy (non-hydrogen) atoms. The molecule has 3 heteroatoms. The molecule has 0 aliphatic heterocycles. The molecule has 0 heterocycles. The number of hydrogen-bond acceptors (Lipinski definition) is 1. The maximum atomic E-state index is 14.7. The lowest BCUT2D eigenvalue weighted by Gasteiger charge is -2.32. The molecule has 0 aliphatic carbocycles. The van der Waals surface area contributed by atoms with Gasteiger partial charge in [-0.15, -0.1) is 13.2 Å². The van der Waals surface area contributed by atoms with Crippen LogP contribution in [0.3, 0.4) is 0 Å². The zero-order valence-electron chi connectivity index (χ0n) is 11.6. The summed E-state index contributed by atoms with van der Waals surface area (Å²) in [6, 6.07) is 0. The van der Waals surface area contributed by atoms with Crippen LogP contribution in [-0.4, -0.2) is 14.2 Å². The van der Waals surface area contributed by atoms with Crippen molar-refractivity contribution in [1.82, 2.24) is 0 Å². The van der Waals surface area contributed by atoms with Crippen molar-refractivity contribution in [1.29, 1.82) is 0 Å². The van der Waals surface area contributed by atoms with Gasteiger partial charge in [0.25, 0.3) is 0 Å². The van der Waals surface area contributed by atoms with Gasteiger partial charge in [0.2, 0.25) is 0 Å². The Kier molecular flexibility index (Phi) is 7.64. The van der Waals surface area contributed by atoms with Gasteiger partial charge in [0.1, 0.15) is 0 Å². The van der Waals surface area contributed by atoms with Crippen molar-refractivity contribution in [3.05, 3.63) is 25.3 Å². The van der Waals surface area contributed by atoms with Crippen molar-refractivity contribution in [2.75, 3.05) is 0 Å². The standard InChI is InChI=1S/C14H27FOSi/c1-6-8-10-12-14(15,13-11-9-7-2)16-17(3,4)5/h6-7H,1-2,8-13H2,3-5H3. The highest BCUT2D eigenvalue weighted by molar-refractivity contribution is 6.69. The first-order valence-corrected chi connectivity index (χ1v) is 9.85. The number of allylic oxidation sites excluding steroid dienone is 2. The predicted octanol–water partition coefficient (Wildman–Crippen LogP) is 5.22. The average molecular weight is 258 g/mol. The van der Waals surface area contributed by atoms with E-state index in [1.54, 1.807) is 0 Å². The fourth-order valence-electron chi connectivity index (χ4n) is 1.80. The van der Waals surface area contributed by atoms with Crippen LogP contribution in [0.15, 0.2) is 25.3 Å². The Bertz CT molecular complexity index is 219. The van der Waals surface area contributed by atoms with E-state index >= 15 is 0 Å². The minimum Gasteiger partial charge on any atom is -0.387 e. The van der Waals surface area contributed by atoms with Crippen molar-refractivity contribution in [2.24, 2.45) is 0 Å². The fraction of sp³-hybridized carbons (Fsp3) is 0.714. The summed E-state index contributed by atoms with van der Waals surface area (Å²) in [5, 5.41) is 0. The lowest BCUT2D eigenvalue weighted by atomic mass is 10.0. The van der Waals surface area contributed by atoms with Gasteiger partial charge < -0.3 is 4.43 Å². The third-order valence-electron chi connectivity index (χ3n) is 2.41. The second-order valence-corrected chi connectivity index (χ2v) is 9.89. The van der Waals surface area contributed by atoms with E-state index in [9.17, 15) is 4.39 Å². The quantitative estimate of drug-likeness (QED) is 0.297. The van der Waals surface area contributed by atoms with Crippen LogP contribution in [-0.2, 0) is 4.43 Å². The summed E-state index contributed by atoms with van der Waals surface area (Å²) in [4.78, 5) is 0. The normalized spacial score (nSPS) is 12.5. The number of alkyl halides is 1. The number of unbranched alkanes of at least 4 members (excludes halogenated alkanes) is 2. The molecule has 0 fully saturated rings. The summed E-state index contributed by atoms with van der Waals surface area (Å²) in [6.45, 7) is 13.4. The molecule has 100 valence electrons. The molecule has 0 amide bonds. The zero-order chi connectivity index (χ0) is 13.4. The van der Waals surface area contributed by atoms with Crippen LogP contribution in [0.1, 0.15) is 38.5 Å². The van der Waals surface area contributed by atoms with Crippen LogP contribution in [0.4, 0.5) is 4.39 Å². The molecule has 1 nitrogen and oxygen atoms in total. The molecule has 0 rings (SSSR count). The zero-order valence-corrected chi connectivity index (χ0v) is 12.6. The third-order valence-corrected chi connectivity index (χ3v) is 3.38. The van der Waals surface area contributed by atoms with Gasteiger partial charge in [-0.3, -0.25) is 0 Å². The highest BCUT2D eigenvalue weighted by atomic mass is 28.4. The molecule has 0 aromatic rings. The Morgan fingerprint density at radius 2 is 1.47 bits per heavy atom. The molecule has 0 atom stereocenters. The Morgan fingerprint density at radius 1 is 1.06 bits per heavy atom. The van der Waals surface area contributed by atoms with E-state index in [1.165, 1.54) is 0 Å². The average Bonchev–Trinajstić information content (AvgIpc) is 2.15. The largest absolute Gasteiger partial charge is 0.387 e. The Hall–Kier alpha value is -0.413. The number of halogens is 1. The summed E-state index contributed by atoms with van der Waals surface area (Å²) >= 11 is 0. The second kappa shape index (κ2) is 7.83. The maximum absolute atomic E-state index is 14.7. The monoisotopic (exact) mass is 258 g/mol. The van der Waals surface area contributed by atoms with E-state index in [2.05, 4.69) is 13.2 Å².